The van der Waals surface area contributed by atoms with E-state index in [2.05, 4.69) is 19.1 Å². The molecule has 0 fully saturated rings. The highest BCUT2D eigenvalue weighted by Crippen LogP contribution is 2.12. The maximum Gasteiger partial charge on any atom is 0.118 e. The number of ether oxygens (including phenoxy) is 2. The van der Waals surface area contributed by atoms with Gasteiger partial charge in [-0.1, -0.05) is 31.2 Å². The van der Waals surface area contributed by atoms with Crippen LogP contribution in [0.15, 0.2) is 36.4 Å². The molecule has 0 bridgehead atoms. The molecule has 0 aliphatic heterocycles. The lowest BCUT2D eigenvalue weighted by molar-refractivity contribution is 0.104. The van der Waals surface area contributed by atoms with Gasteiger partial charge in [0.25, 0.3) is 0 Å². The fraction of sp³-hybridized carbons (Fsp3) is 0.429. The van der Waals surface area contributed by atoms with Crippen LogP contribution in [0.5, 0.6) is 5.75 Å². The SMILES string of the molecule is C/C=C/[C@@H](C)COCc1ccc(OC)cc1. The van der Waals surface area contributed by atoms with Gasteiger partial charge in [0.05, 0.1) is 20.3 Å². The molecule has 2 nitrogen and oxygen atoms in total. The van der Waals surface area contributed by atoms with E-state index in [1.54, 1.807) is 7.11 Å². The minimum atomic E-state index is 0.475. The summed E-state index contributed by atoms with van der Waals surface area (Å²) in [6.45, 7) is 5.59. The second-order valence-electron chi connectivity index (χ2n) is 3.87. The molecule has 0 amide bonds. The molecule has 0 radical (unpaired) electrons. The molecule has 0 spiro atoms. The van der Waals surface area contributed by atoms with E-state index in [0.717, 1.165) is 12.4 Å². The van der Waals surface area contributed by atoms with Gasteiger partial charge in [0, 0.05) is 0 Å². The van der Waals surface area contributed by atoms with Crippen LogP contribution < -0.4 is 4.74 Å². The van der Waals surface area contributed by atoms with Crippen LogP contribution >= 0.6 is 0 Å². The van der Waals surface area contributed by atoms with E-state index in [0.29, 0.717) is 12.5 Å². The Kier molecular flexibility index (Phi) is 5.65. The maximum atomic E-state index is 5.62. The molecule has 16 heavy (non-hydrogen) atoms. The summed E-state index contributed by atoms with van der Waals surface area (Å²) >= 11 is 0. The second kappa shape index (κ2) is 7.07. The summed E-state index contributed by atoms with van der Waals surface area (Å²) in [4.78, 5) is 0. The molecule has 0 saturated heterocycles. The smallest absolute Gasteiger partial charge is 0.118 e. The lowest BCUT2D eigenvalue weighted by Crippen LogP contribution is -2.03. The number of methoxy groups -OCH3 is 1. The topological polar surface area (TPSA) is 18.5 Å². The maximum absolute atomic E-state index is 5.62. The molecule has 88 valence electrons. The highest BCUT2D eigenvalue weighted by molar-refractivity contribution is 5.26. The zero-order valence-corrected chi connectivity index (χ0v) is 10.3. The minimum absolute atomic E-state index is 0.475. The Morgan fingerprint density at radius 2 is 1.94 bits per heavy atom. The number of hydrogen-bond acceptors (Lipinski definition) is 2. The lowest BCUT2D eigenvalue weighted by atomic mass is 10.2. The van der Waals surface area contributed by atoms with Crippen LogP contribution in [0, 0.1) is 5.92 Å². The van der Waals surface area contributed by atoms with Crippen molar-refractivity contribution < 1.29 is 9.47 Å². The first-order valence-corrected chi connectivity index (χ1v) is 5.59. The molecule has 0 N–H and O–H groups in total. The lowest BCUT2D eigenvalue weighted by Gasteiger charge is -2.08. The summed E-state index contributed by atoms with van der Waals surface area (Å²) in [5.41, 5.74) is 1.17. The third-order valence-corrected chi connectivity index (χ3v) is 2.33. The predicted molar refractivity (Wildman–Crippen MR) is 66.6 cm³/mol. The van der Waals surface area contributed by atoms with E-state index >= 15 is 0 Å². The number of allylic oxidation sites excluding steroid dienone is 1. The number of rotatable bonds is 6. The molecule has 0 aromatic heterocycles. The summed E-state index contributed by atoms with van der Waals surface area (Å²) < 4.78 is 10.7. The third-order valence-electron chi connectivity index (χ3n) is 2.33. The Labute approximate surface area is 97.9 Å². The predicted octanol–water partition coefficient (Wildman–Crippen LogP) is 3.42. The fourth-order valence-electron chi connectivity index (χ4n) is 1.47. The van der Waals surface area contributed by atoms with Crippen LogP contribution in [0.3, 0.4) is 0 Å². The van der Waals surface area contributed by atoms with Crippen molar-refractivity contribution >= 4 is 0 Å². The van der Waals surface area contributed by atoms with E-state index in [9.17, 15) is 0 Å². The van der Waals surface area contributed by atoms with Crippen molar-refractivity contribution in [2.45, 2.75) is 20.5 Å². The van der Waals surface area contributed by atoms with Crippen LogP contribution in [0.2, 0.25) is 0 Å². The quantitative estimate of drug-likeness (QED) is 0.684. The van der Waals surface area contributed by atoms with E-state index in [1.165, 1.54) is 5.56 Å². The Morgan fingerprint density at radius 3 is 2.50 bits per heavy atom. The minimum Gasteiger partial charge on any atom is -0.497 e. The third kappa shape index (κ3) is 4.49. The first-order chi connectivity index (χ1) is 7.76. The van der Waals surface area contributed by atoms with Crippen molar-refractivity contribution in [1.82, 2.24) is 0 Å². The summed E-state index contributed by atoms with van der Waals surface area (Å²) in [6, 6.07) is 7.96. The van der Waals surface area contributed by atoms with Crippen LogP contribution in [0.25, 0.3) is 0 Å². The standard InChI is InChI=1S/C14H20O2/c1-4-5-12(2)10-16-11-13-6-8-14(15-3)9-7-13/h4-9,12H,10-11H2,1-3H3/b5-4+/t12-/m1/s1. The second-order valence-corrected chi connectivity index (χ2v) is 3.87. The molecule has 0 aliphatic rings. The van der Waals surface area contributed by atoms with Crippen molar-refractivity contribution in [3.05, 3.63) is 42.0 Å². The molecule has 0 unspecified atom stereocenters. The molecular weight excluding hydrogens is 200 g/mol. The van der Waals surface area contributed by atoms with Crippen molar-refractivity contribution in [3.63, 3.8) is 0 Å². The molecule has 1 rings (SSSR count). The summed E-state index contributed by atoms with van der Waals surface area (Å²) in [5.74, 6) is 1.36. The summed E-state index contributed by atoms with van der Waals surface area (Å²) in [6.07, 6.45) is 4.20. The van der Waals surface area contributed by atoms with Gasteiger partial charge in [0.15, 0.2) is 0 Å². The van der Waals surface area contributed by atoms with Crippen LogP contribution in [-0.4, -0.2) is 13.7 Å². The highest BCUT2D eigenvalue weighted by Gasteiger charge is 1.98. The van der Waals surface area contributed by atoms with E-state index in [4.69, 9.17) is 9.47 Å². The molecular formula is C14H20O2. The average molecular weight is 220 g/mol. The van der Waals surface area contributed by atoms with E-state index in [1.807, 2.05) is 31.2 Å². The molecule has 1 atom stereocenters. The molecule has 0 aliphatic carbocycles. The normalized spacial score (nSPS) is 12.9. The molecule has 1 aromatic rings. The Morgan fingerprint density at radius 1 is 1.25 bits per heavy atom. The van der Waals surface area contributed by atoms with Gasteiger partial charge >= 0.3 is 0 Å². The Balaban J connectivity index is 2.31. The number of benzene rings is 1. The molecule has 0 saturated carbocycles. The molecule has 2 heteroatoms. The van der Waals surface area contributed by atoms with Crippen LogP contribution in [0.4, 0.5) is 0 Å². The van der Waals surface area contributed by atoms with Crippen molar-refractivity contribution in [2.24, 2.45) is 5.92 Å². The zero-order chi connectivity index (χ0) is 11.8. The largest absolute Gasteiger partial charge is 0.497 e. The van der Waals surface area contributed by atoms with Gasteiger partial charge in [-0.05, 0) is 30.5 Å². The van der Waals surface area contributed by atoms with Crippen LogP contribution in [0.1, 0.15) is 19.4 Å². The van der Waals surface area contributed by atoms with Crippen molar-refractivity contribution in [2.75, 3.05) is 13.7 Å². The molecule has 0 heterocycles. The fourth-order valence-corrected chi connectivity index (χ4v) is 1.47. The first kappa shape index (κ1) is 12.8. The highest BCUT2D eigenvalue weighted by atomic mass is 16.5. The Bertz CT molecular complexity index is 314. The Hall–Kier alpha value is -1.28. The van der Waals surface area contributed by atoms with Gasteiger partial charge in [0.2, 0.25) is 0 Å². The zero-order valence-electron chi connectivity index (χ0n) is 10.3. The van der Waals surface area contributed by atoms with Gasteiger partial charge in [-0.15, -0.1) is 0 Å². The summed E-state index contributed by atoms with van der Waals surface area (Å²) in [5, 5.41) is 0. The van der Waals surface area contributed by atoms with E-state index in [-0.39, 0.29) is 0 Å². The summed E-state index contributed by atoms with van der Waals surface area (Å²) in [7, 11) is 1.67. The monoisotopic (exact) mass is 220 g/mol. The van der Waals surface area contributed by atoms with Crippen molar-refractivity contribution in [1.29, 1.82) is 0 Å². The first-order valence-electron chi connectivity index (χ1n) is 5.59. The van der Waals surface area contributed by atoms with Gasteiger partial charge in [-0.25, -0.2) is 0 Å². The average Bonchev–Trinajstić information content (AvgIpc) is 2.30. The van der Waals surface area contributed by atoms with E-state index < -0.39 is 0 Å². The van der Waals surface area contributed by atoms with Crippen LogP contribution in [-0.2, 0) is 11.3 Å². The molecule has 1 aromatic carbocycles. The van der Waals surface area contributed by atoms with Gasteiger partial charge in [-0.3, -0.25) is 0 Å². The number of hydrogen-bond donors (Lipinski definition) is 0. The van der Waals surface area contributed by atoms with Gasteiger partial charge in [0.1, 0.15) is 5.75 Å². The van der Waals surface area contributed by atoms with Crippen molar-refractivity contribution in [3.8, 4) is 5.75 Å². The van der Waals surface area contributed by atoms with Gasteiger partial charge in [-0.2, -0.15) is 0 Å². The van der Waals surface area contributed by atoms with Gasteiger partial charge < -0.3 is 9.47 Å².